The molecule has 1 rings (SSSR count). The lowest BCUT2D eigenvalue weighted by Crippen LogP contribution is -2.07. The van der Waals surface area contributed by atoms with Crippen LogP contribution in [0.4, 0.5) is 0 Å². The quantitative estimate of drug-likeness (QED) is 0.622. The number of carbonyl (C=O) groups is 2. The summed E-state index contributed by atoms with van der Waals surface area (Å²) in [6.07, 6.45) is 2.43. The number of halogens is 1. The van der Waals surface area contributed by atoms with E-state index < -0.39 is 11.8 Å². The predicted molar refractivity (Wildman–Crippen MR) is 51.0 cm³/mol. The van der Waals surface area contributed by atoms with Gasteiger partial charge >= 0.3 is 5.97 Å². The van der Waals surface area contributed by atoms with E-state index in [1.54, 1.807) is 12.1 Å². The molecule has 68 valence electrons. The molecule has 13 heavy (non-hydrogen) atoms. The molecule has 0 aliphatic heterocycles. The third kappa shape index (κ3) is 3.01. The Kier molecular flexibility index (Phi) is 3.22. The standard InChI is InChI=1S/C8H5ClO3S/c9-7-4-2-5(13-7)1-3-6(10)8(11)12/h1-4H,(H,11,12)/b3-1+. The van der Waals surface area contributed by atoms with Gasteiger partial charge in [-0.2, -0.15) is 0 Å². The molecule has 0 aromatic carbocycles. The first kappa shape index (κ1) is 9.95. The number of carboxylic acids is 1. The summed E-state index contributed by atoms with van der Waals surface area (Å²) in [5.41, 5.74) is 0. The van der Waals surface area contributed by atoms with Gasteiger partial charge in [0.25, 0.3) is 5.78 Å². The van der Waals surface area contributed by atoms with Crippen molar-refractivity contribution in [1.82, 2.24) is 0 Å². The summed E-state index contributed by atoms with van der Waals surface area (Å²) in [5.74, 6) is -2.40. The summed E-state index contributed by atoms with van der Waals surface area (Å²) in [4.78, 5) is 21.5. The van der Waals surface area contributed by atoms with Crippen LogP contribution in [0.2, 0.25) is 4.34 Å². The predicted octanol–water partition coefficient (Wildman–Crippen LogP) is 2.07. The molecular weight excluding hydrogens is 212 g/mol. The molecule has 0 spiro atoms. The highest BCUT2D eigenvalue weighted by molar-refractivity contribution is 7.17. The summed E-state index contributed by atoms with van der Waals surface area (Å²) >= 11 is 6.90. The van der Waals surface area contributed by atoms with Gasteiger partial charge in [-0.1, -0.05) is 11.6 Å². The maximum Gasteiger partial charge on any atom is 0.376 e. The molecule has 0 amide bonds. The van der Waals surface area contributed by atoms with Crippen LogP contribution >= 0.6 is 22.9 Å². The van der Waals surface area contributed by atoms with Gasteiger partial charge in [-0.05, 0) is 24.3 Å². The highest BCUT2D eigenvalue weighted by Gasteiger charge is 2.05. The van der Waals surface area contributed by atoms with Crippen molar-refractivity contribution in [2.75, 3.05) is 0 Å². The van der Waals surface area contributed by atoms with Gasteiger partial charge in [-0.15, -0.1) is 11.3 Å². The van der Waals surface area contributed by atoms with Crippen LogP contribution < -0.4 is 0 Å². The number of hydrogen-bond acceptors (Lipinski definition) is 3. The molecule has 1 heterocycles. The minimum absolute atomic E-state index is 0.599. The third-order valence-corrected chi connectivity index (χ3v) is 2.40. The first-order valence-corrected chi connectivity index (χ1v) is 4.49. The molecule has 0 fully saturated rings. The van der Waals surface area contributed by atoms with Crippen molar-refractivity contribution in [3.8, 4) is 0 Å². The molecule has 0 atom stereocenters. The van der Waals surface area contributed by atoms with Gasteiger partial charge in [0.05, 0.1) is 4.34 Å². The Morgan fingerprint density at radius 1 is 1.46 bits per heavy atom. The molecule has 1 aromatic heterocycles. The van der Waals surface area contributed by atoms with E-state index in [0.29, 0.717) is 4.34 Å². The first-order chi connectivity index (χ1) is 6.09. The first-order valence-electron chi connectivity index (χ1n) is 3.30. The second-order valence-electron chi connectivity index (χ2n) is 2.14. The van der Waals surface area contributed by atoms with E-state index in [-0.39, 0.29) is 0 Å². The molecule has 3 nitrogen and oxygen atoms in total. The van der Waals surface area contributed by atoms with Crippen LogP contribution in [0.3, 0.4) is 0 Å². The number of aliphatic carboxylic acids is 1. The Bertz CT molecular complexity index is 367. The molecule has 0 aliphatic carbocycles. The fourth-order valence-corrected chi connectivity index (χ4v) is 1.61. The summed E-state index contributed by atoms with van der Waals surface area (Å²) < 4.78 is 0.599. The van der Waals surface area contributed by atoms with Crippen LogP contribution in [-0.4, -0.2) is 16.9 Å². The van der Waals surface area contributed by atoms with Crippen molar-refractivity contribution in [3.63, 3.8) is 0 Å². The molecule has 5 heteroatoms. The van der Waals surface area contributed by atoms with E-state index in [4.69, 9.17) is 16.7 Å². The lowest BCUT2D eigenvalue weighted by molar-refractivity contribution is -0.146. The molecule has 0 saturated heterocycles. The SMILES string of the molecule is O=C(O)C(=O)/C=C/c1ccc(Cl)s1. The van der Waals surface area contributed by atoms with Crippen molar-refractivity contribution in [3.05, 3.63) is 27.4 Å². The summed E-state index contributed by atoms with van der Waals surface area (Å²) in [5, 5.41) is 8.24. The Hall–Kier alpha value is -1.13. The van der Waals surface area contributed by atoms with Gasteiger partial charge in [-0.25, -0.2) is 4.79 Å². The van der Waals surface area contributed by atoms with Crippen LogP contribution in [-0.2, 0) is 9.59 Å². The molecule has 1 aromatic rings. The zero-order valence-corrected chi connectivity index (χ0v) is 7.93. The molecule has 0 unspecified atom stereocenters. The van der Waals surface area contributed by atoms with E-state index in [2.05, 4.69) is 0 Å². The Balaban J connectivity index is 2.69. The Morgan fingerprint density at radius 3 is 2.62 bits per heavy atom. The maximum absolute atomic E-state index is 10.6. The second-order valence-corrected chi connectivity index (χ2v) is 3.89. The largest absolute Gasteiger partial charge is 0.475 e. The number of thiophene rings is 1. The van der Waals surface area contributed by atoms with Gasteiger partial charge in [0.1, 0.15) is 0 Å². The van der Waals surface area contributed by atoms with E-state index in [0.717, 1.165) is 11.0 Å². The lowest BCUT2D eigenvalue weighted by atomic mass is 10.3. The van der Waals surface area contributed by atoms with Crippen molar-refractivity contribution in [2.45, 2.75) is 0 Å². The second kappa shape index (κ2) is 4.20. The number of carbonyl (C=O) groups excluding carboxylic acids is 1. The van der Waals surface area contributed by atoms with Crippen LogP contribution in [0, 0.1) is 0 Å². The van der Waals surface area contributed by atoms with Crippen LogP contribution in [0.25, 0.3) is 6.08 Å². The average Bonchev–Trinajstić information content (AvgIpc) is 2.47. The van der Waals surface area contributed by atoms with Gasteiger partial charge < -0.3 is 5.11 Å². The monoisotopic (exact) mass is 216 g/mol. The lowest BCUT2D eigenvalue weighted by Gasteiger charge is -1.83. The fraction of sp³-hybridized carbons (Fsp3) is 0. The fourth-order valence-electron chi connectivity index (χ4n) is 0.647. The molecule has 1 N–H and O–H groups in total. The molecular formula is C8H5ClO3S. The van der Waals surface area contributed by atoms with Crippen molar-refractivity contribution >= 4 is 40.8 Å². The third-order valence-electron chi connectivity index (χ3n) is 1.20. The van der Waals surface area contributed by atoms with Crippen LogP contribution in [0.15, 0.2) is 18.2 Å². The summed E-state index contributed by atoms with van der Waals surface area (Å²) in [6, 6.07) is 3.38. The van der Waals surface area contributed by atoms with Crippen LogP contribution in [0.1, 0.15) is 4.88 Å². The highest BCUT2D eigenvalue weighted by Crippen LogP contribution is 2.22. The van der Waals surface area contributed by atoms with Gasteiger partial charge in [0, 0.05) is 4.88 Å². The highest BCUT2D eigenvalue weighted by atomic mass is 35.5. The van der Waals surface area contributed by atoms with Crippen LogP contribution in [0.5, 0.6) is 0 Å². The Morgan fingerprint density at radius 2 is 2.15 bits per heavy atom. The molecule has 0 radical (unpaired) electrons. The van der Waals surface area contributed by atoms with Crippen molar-refractivity contribution in [2.24, 2.45) is 0 Å². The van der Waals surface area contributed by atoms with E-state index in [9.17, 15) is 9.59 Å². The molecule has 0 saturated carbocycles. The number of ketones is 1. The zero-order chi connectivity index (χ0) is 9.84. The minimum atomic E-state index is -1.46. The maximum atomic E-state index is 10.6. The topological polar surface area (TPSA) is 54.4 Å². The summed E-state index contributed by atoms with van der Waals surface area (Å²) in [7, 11) is 0. The number of carboxylic acid groups (broad SMARTS) is 1. The smallest absolute Gasteiger partial charge is 0.376 e. The van der Waals surface area contributed by atoms with Gasteiger partial charge in [-0.3, -0.25) is 4.79 Å². The summed E-state index contributed by atoms with van der Waals surface area (Å²) in [6.45, 7) is 0. The molecule has 0 aliphatic rings. The number of rotatable bonds is 3. The van der Waals surface area contributed by atoms with E-state index in [1.807, 2.05) is 0 Å². The minimum Gasteiger partial charge on any atom is -0.475 e. The average molecular weight is 217 g/mol. The van der Waals surface area contributed by atoms with Gasteiger partial charge in [0.2, 0.25) is 0 Å². The van der Waals surface area contributed by atoms with E-state index in [1.165, 1.54) is 17.4 Å². The number of hydrogen-bond donors (Lipinski definition) is 1. The molecule has 0 bridgehead atoms. The van der Waals surface area contributed by atoms with Crippen molar-refractivity contribution < 1.29 is 14.7 Å². The van der Waals surface area contributed by atoms with Crippen molar-refractivity contribution in [1.29, 1.82) is 0 Å². The Labute approximate surface area is 83.3 Å². The van der Waals surface area contributed by atoms with Gasteiger partial charge in [0.15, 0.2) is 0 Å². The zero-order valence-electron chi connectivity index (χ0n) is 6.36. The van der Waals surface area contributed by atoms with E-state index >= 15 is 0 Å². The normalized spacial score (nSPS) is 10.5.